The second-order valence-electron chi connectivity index (χ2n) is 8.78. The number of hydrogen-bond acceptors (Lipinski definition) is 5. The maximum atomic E-state index is 14.1. The Morgan fingerprint density at radius 1 is 1.41 bits per heavy atom. The van der Waals surface area contributed by atoms with Crippen LogP contribution in [0.15, 0.2) is 30.9 Å². The third kappa shape index (κ3) is 3.21. The minimum absolute atomic E-state index is 0.0739. The van der Waals surface area contributed by atoms with E-state index in [0.717, 1.165) is 11.1 Å². The molecule has 172 valence electrons. The average molecular weight is 507 g/mol. The lowest BCUT2D eigenvalue weighted by molar-refractivity contribution is -0.149. The fourth-order valence-corrected chi connectivity index (χ4v) is 6.58. The van der Waals surface area contributed by atoms with Crippen LogP contribution in [0, 0.1) is 25.7 Å². The van der Waals surface area contributed by atoms with E-state index in [-0.39, 0.29) is 30.4 Å². The quantitative estimate of drug-likeness (QED) is 0.430. The Bertz CT molecular complexity index is 983. The van der Waals surface area contributed by atoms with E-state index in [1.807, 2.05) is 32.0 Å². The van der Waals surface area contributed by atoms with Crippen LogP contribution in [0.5, 0.6) is 0 Å². The second kappa shape index (κ2) is 8.28. The van der Waals surface area contributed by atoms with Crippen LogP contribution in [0.3, 0.4) is 0 Å². The molecular weight excluding hydrogens is 480 g/mol. The molecule has 2 N–H and O–H groups in total. The van der Waals surface area contributed by atoms with Gasteiger partial charge in [0.1, 0.15) is 11.6 Å². The van der Waals surface area contributed by atoms with E-state index >= 15 is 0 Å². The molecule has 2 bridgehead atoms. The number of rotatable bonds is 7. The monoisotopic (exact) mass is 506 g/mol. The molecule has 9 heteroatoms. The van der Waals surface area contributed by atoms with E-state index in [2.05, 4.69) is 22.5 Å². The molecule has 3 aliphatic heterocycles. The van der Waals surface area contributed by atoms with E-state index in [9.17, 15) is 24.6 Å². The van der Waals surface area contributed by atoms with Crippen molar-refractivity contribution in [1.29, 1.82) is 0 Å². The highest BCUT2D eigenvalue weighted by atomic mass is 79.9. The van der Waals surface area contributed by atoms with Gasteiger partial charge in [-0.05, 0) is 37.5 Å². The molecule has 0 radical (unpaired) electrons. The minimum atomic E-state index is -1.26. The number of aliphatic hydroxyl groups excluding tert-OH is 1. The number of carboxylic acid groups (broad SMARTS) is 1. The number of carbonyl (C=O) groups is 3. The van der Waals surface area contributed by atoms with Crippen molar-refractivity contribution in [2.24, 2.45) is 11.8 Å². The van der Waals surface area contributed by atoms with Crippen molar-refractivity contribution in [3.63, 3.8) is 0 Å². The van der Waals surface area contributed by atoms with Crippen molar-refractivity contribution in [2.45, 2.75) is 42.8 Å². The molecule has 6 atom stereocenters. The molecule has 0 aliphatic carbocycles. The largest absolute Gasteiger partial charge is 0.481 e. The summed E-state index contributed by atoms with van der Waals surface area (Å²) in [5.74, 6) is -3.95. The lowest BCUT2D eigenvalue weighted by Crippen LogP contribution is -2.57. The van der Waals surface area contributed by atoms with E-state index in [1.54, 1.807) is 11.0 Å². The third-order valence-corrected chi connectivity index (χ3v) is 7.73. The van der Waals surface area contributed by atoms with Gasteiger partial charge in [-0.1, -0.05) is 34.1 Å². The summed E-state index contributed by atoms with van der Waals surface area (Å²) >= 11 is 3.52. The summed E-state index contributed by atoms with van der Waals surface area (Å²) in [7, 11) is 0. The van der Waals surface area contributed by atoms with Crippen molar-refractivity contribution in [1.82, 2.24) is 4.90 Å². The van der Waals surface area contributed by atoms with Crippen LogP contribution in [0.1, 0.15) is 17.5 Å². The van der Waals surface area contributed by atoms with Gasteiger partial charge in [0.2, 0.25) is 5.91 Å². The van der Waals surface area contributed by atoms with Crippen LogP contribution in [-0.4, -0.2) is 75.2 Å². The number of alkyl halides is 1. The molecule has 0 saturated carbocycles. The normalized spacial score (nSPS) is 32.8. The number of carboxylic acids is 1. The van der Waals surface area contributed by atoms with Gasteiger partial charge in [0.25, 0.3) is 5.91 Å². The van der Waals surface area contributed by atoms with Gasteiger partial charge in [-0.25, -0.2) is 0 Å². The lowest BCUT2D eigenvalue weighted by atomic mass is 9.70. The Hall–Kier alpha value is -2.23. The number of hydrogen-bond donors (Lipinski definition) is 2. The second-order valence-corrected chi connectivity index (χ2v) is 9.96. The molecule has 2 amide bonds. The zero-order chi connectivity index (χ0) is 23.4. The standard InChI is InChI=1S/C23H27BrN2O6/c1-4-7-25(15-10-12(2)5-6-13(15)3)21(29)19-23-11-14(24)18(32-23)16(22(30)31)17(23)20(28)26(19)8-9-27/h4-6,10,14,16-19,27H,1,7-9,11H2,2-3H3,(H,30,31)/t14?,16-,17+,18-,19-,23+/m1/s1. The van der Waals surface area contributed by atoms with Gasteiger partial charge < -0.3 is 24.7 Å². The van der Waals surface area contributed by atoms with Crippen molar-refractivity contribution in [3.05, 3.63) is 42.0 Å². The number of β-amino-alcohol motifs (C(OH)–C–C–N with tert-alkyl or cyclic N) is 1. The molecule has 1 spiro atoms. The maximum Gasteiger partial charge on any atom is 0.310 e. The van der Waals surface area contributed by atoms with Gasteiger partial charge in [-0.2, -0.15) is 0 Å². The number of ether oxygens (including phenoxy) is 1. The zero-order valence-corrected chi connectivity index (χ0v) is 19.6. The fourth-order valence-electron chi connectivity index (χ4n) is 5.63. The van der Waals surface area contributed by atoms with Crippen LogP contribution < -0.4 is 4.90 Å². The Kier molecular flexibility index (Phi) is 5.94. The highest BCUT2D eigenvalue weighted by molar-refractivity contribution is 9.09. The smallest absolute Gasteiger partial charge is 0.310 e. The fraction of sp³-hybridized carbons (Fsp3) is 0.522. The highest BCUT2D eigenvalue weighted by Crippen LogP contribution is 2.60. The van der Waals surface area contributed by atoms with Crippen LogP contribution in [0.25, 0.3) is 0 Å². The van der Waals surface area contributed by atoms with Gasteiger partial charge in [0.15, 0.2) is 0 Å². The average Bonchev–Trinajstić information content (AvgIpc) is 3.32. The molecule has 1 aromatic rings. The van der Waals surface area contributed by atoms with Gasteiger partial charge in [-0.15, -0.1) is 6.58 Å². The number of fused-ring (bicyclic) bond motifs is 1. The van der Waals surface area contributed by atoms with Gasteiger partial charge >= 0.3 is 5.97 Å². The summed E-state index contributed by atoms with van der Waals surface area (Å²) < 4.78 is 6.22. The number of carbonyl (C=O) groups excluding carboxylic acids is 2. The first-order valence-corrected chi connectivity index (χ1v) is 11.5. The summed E-state index contributed by atoms with van der Waals surface area (Å²) in [5.41, 5.74) is 1.30. The first kappa shape index (κ1) is 22.9. The van der Waals surface area contributed by atoms with E-state index < -0.39 is 41.5 Å². The van der Waals surface area contributed by atoms with Crippen LogP contribution in [0.4, 0.5) is 5.69 Å². The van der Waals surface area contributed by atoms with Crippen LogP contribution >= 0.6 is 15.9 Å². The number of benzene rings is 1. The first-order chi connectivity index (χ1) is 15.2. The molecule has 0 aromatic heterocycles. The van der Waals surface area contributed by atoms with Crippen molar-refractivity contribution in [2.75, 3.05) is 24.6 Å². The molecule has 3 heterocycles. The first-order valence-electron chi connectivity index (χ1n) is 10.6. The number of likely N-dealkylation sites (tertiary alicyclic amines) is 1. The predicted octanol–water partition coefficient (Wildman–Crippen LogP) is 1.65. The summed E-state index contributed by atoms with van der Waals surface area (Å²) in [6.45, 7) is 7.41. The lowest BCUT2D eigenvalue weighted by Gasteiger charge is -2.37. The number of amides is 2. The van der Waals surface area contributed by atoms with Gasteiger partial charge in [-0.3, -0.25) is 14.4 Å². The molecule has 3 saturated heterocycles. The summed E-state index contributed by atoms with van der Waals surface area (Å²) in [5, 5.41) is 19.5. The number of aryl methyl sites for hydroxylation is 2. The Morgan fingerprint density at radius 2 is 2.12 bits per heavy atom. The molecular formula is C23H27BrN2O6. The Labute approximate surface area is 195 Å². The van der Waals surface area contributed by atoms with E-state index in [1.165, 1.54) is 4.90 Å². The Morgan fingerprint density at radius 3 is 2.75 bits per heavy atom. The SMILES string of the molecule is C=CCN(C(=O)[C@H]1N(CCO)C(=O)[C@@H]2[C@@H](C(=O)O)[C@@H]3O[C@@]21CC3Br)c1cc(C)ccc1C. The zero-order valence-electron chi connectivity index (χ0n) is 18.0. The van der Waals surface area contributed by atoms with Gasteiger partial charge in [0, 0.05) is 23.6 Å². The van der Waals surface area contributed by atoms with Crippen LogP contribution in [0.2, 0.25) is 0 Å². The summed E-state index contributed by atoms with van der Waals surface area (Å²) in [6.07, 6.45) is 1.26. The molecule has 1 unspecified atom stereocenters. The number of anilines is 1. The van der Waals surface area contributed by atoms with E-state index in [4.69, 9.17) is 4.74 Å². The van der Waals surface area contributed by atoms with Crippen molar-refractivity contribution < 1.29 is 29.3 Å². The minimum Gasteiger partial charge on any atom is -0.481 e. The van der Waals surface area contributed by atoms with Crippen molar-refractivity contribution >= 4 is 39.4 Å². The molecule has 1 aromatic carbocycles. The maximum absolute atomic E-state index is 14.1. The predicted molar refractivity (Wildman–Crippen MR) is 121 cm³/mol. The molecule has 3 aliphatic rings. The highest BCUT2D eigenvalue weighted by Gasteiger charge is 2.76. The van der Waals surface area contributed by atoms with Crippen LogP contribution in [-0.2, 0) is 19.1 Å². The topological polar surface area (TPSA) is 107 Å². The Balaban J connectivity index is 1.83. The summed E-state index contributed by atoms with van der Waals surface area (Å²) in [6, 6.07) is 4.74. The third-order valence-electron chi connectivity index (χ3n) is 6.88. The number of aliphatic hydroxyl groups is 1. The summed E-state index contributed by atoms with van der Waals surface area (Å²) in [4.78, 5) is 42.2. The number of nitrogens with zero attached hydrogens (tertiary/aromatic N) is 2. The van der Waals surface area contributed by atoms with E-state index in [0.29, 0.717) is 12.1 Å². The van der Waals surface area contributed by atoms with Gasteiger partial charge in [0.05, 0.1) is 24.5 Å². The molecule has 32 heavy (non-hydrogen) atoms. The number of halogens is 1. The molecule has 3 fully saturated rings. The number of aliphatic carboxylic acids is 1. The molecule has 4 rings (SSSR count). The molecule has 8 nitrogen and oxygen atoms in total. The van der Waals surface area contributed by atoms with Crippen molar-refractivity contribution in [3.8, 4) is 0 Å².